The second-order valence-electron chi connectivity index (χ2n) is 6.49. The van der Waals surface area contributed by atoms with E-state index in [2.05, 4.69) is 20.4 Å². The molecule has 130 valence electrons. The normalized spacial score (nSPS) is 16.6. The summed E-state index contributed by atoms with van der Waals surface area (Å²) in [5.74, 6) is 0. The van der Waals surface area contributed by atoms with E-state index in [4.69, 9.17) is 28.2 Å². The number of hydrogen-bond acceptors (Lipinski definition) is 3. The molecule has 2 aromatic heterocycles. The van der Waals surface area contributed by atoms with E-state index in [0.29, 0.717) is 5.02 Å². The quantitative estimate of drug-likeness (QED) is 0.690. The van der Waals surface area contributed by atoms with E-state index >= 15 is 0 Å². The molecular weight excluding hydrogens is 355 g/mol. The lowest BCUT2D eigenvalue weighted by molar-refractivity contribution is 0.121. The van der Waals surface area contributed by atoms with Crippen molar-refractivity contribution in [2.45, 2.75) is 13.1 Å². The molecule has 4 nitrogen and oxygen atoms in total. The molecule has 6 heteroatoms. The van der Waals surface area contributed by atoms with Crippen molar-refractivity contribution in [3.05, 3.63) is 70.1 Å². The van der Waals surface area contributed by atoms with Crippen LogP contribution in [0.5, 0.6) is 0 Å². The molecule has 0 saturated carbocycles. The molecule has 0 atom stereocenters. The maximum Gasteiger partial charge on any atom is 0.137 e. The van der Waals surface area contributed by atoms with Gasteiger partial charge in [-0.1, -0.05) is 35.3 Å². The first-order chi connectivity index (χ1) is 12.2. The van der Waals surface area contributed by atoms with Crippen LogP contribution >= 0.6 is 23.2 Å². The molecule has 3 heterocycles. The molecule has 3 aromatic rings. The van der Waals surface area contributed by atoms with Gasteiger partial charge in [-0.05, 0) is 29.8 Å². The van der Waals surface area contributed by atoms with Gasteiger partial charge in [0.25, 0.3) is 0 Å². The maximum atomic E-state index is 6.29. The second-order valence-corrected chi connectivity index (χ2v) is 7.33. The number of benzene rings is 1. The Bertz CT molecular complexity index is 836. The van der Waals surface area contributed by atoms with Gasteiger partial charge in [0.2, 0.25) is 0 Å². The van der Waals surface area contributed by atoms with Crippen LogP contribution in [0, 0.1) is 0 Å². The molecule has 0 N–H and O–H groups in total. The molecule has 25 heavy (non-hydrogen) atoms. The predicted molar refractivity (Wildman–Crippen MR) is 102 cm³/mol. The summed E-state index contributed by atoms with van der Waals surface area (Å²) >= 11 is 12.3. The van der Waals surface area contributed by atoms with Gasteiger partial charge in [-0.2, -0.15) is 0 Å². The summed E-state index contributed by atoms with van der Waals surface area (Å²) in [6, 6.07) is 11.8. The van der Waals surface area contributed by atoms with Crippen LogP contribution in [0.3, 0.4) is 0 Å². The number of aromatic nitrogens is 2. The summed E-state index contributed by atoms with van der Waals surface area (Å²) in [5, 5.41) is 1.44. The minimum atomic E-state index is 0.686. The third-order valence-corrected chi connectivity index (χ3v) is 5.26. The number of fused-ring (bicyclic) bond motifs is 1. The molecule has 0 bridgehead atoms. The molecule has 0 radical (unpaired) electrons. The first-order valence-electron chi connectivity index (χ1n) is 8.49. The number of hydrogen-bond donors (Lipinski definition) is 0. The summed E-state index contributed by atoms with van der Waals surface area (Å²) in [7, 11) is 0. The topological polar surface area (TPSA) is 23.8 Å². The van der Waals surface area contributed by atoms with Crippen LogP contribution in [0.2, 0.25) is 10.0 Å². The summed E-state index contributed by atoms with van der Waals surface area (Å²) in [5.41, 5.74) is 3.27. The second kappa shape index (κ2) is 7.34. The van der Waals surface area contributed by atoms with Crippen molar-refractivity contribution in [2.75, 3.05) is 26.2 Å². The summed E-state index contributed by atoms with van der Waals surface area (Å²) in [6.07, 6.45) is 4.16. The van der Waals surface area contributed by atoms with Gasteiger partial charge in [0, 0.05) is 61.7 Å². The number of pyridine rings is 1. The number of imidazole rings is 1. The lowest BCUT2D eigenvalue weighted by Crippen LogP contribution is -2.45. The molecule has 0 spiro atoms. The van der Waals surface area contributed by atoms with E-state index in [0.717, 1.165) is 61.2 Å². The Labute approximate surface area is 157 Å². The molecule has 1 aliphatic rings. The molecule has 0 unspecified atom stereocenters. The van der Waals surface area contributed by atoms with Crippen LogP contribution in [0.4, 0.5) is 0 Å². The van der Waals surface area contributed by atoms with E-state index < -0.39 is 0 Å². The molecule has 1 fully saturated rings. The third kappa shape index (κ3) is 3.98. The zero-order valence-electron chi connectivity index (χ0n) is 13.9. The van der Waals surface area contributed by atoms with Gasteiger partial charge in [-0.15, -0.1) is 0 Å². The molecule has 1 aromatic carbocycles. The maximum absolute atomic E-state index is 6.29. The van der Waals surface area contributed by atoms with Gasteiger partial charge in [0.1, 0.15) is 5.65 Å². The number of nitrogens with zero attached hydrogens (tertiary/aromatic N) is 4. The Balaban J connectivity index is 1.33. The first-order valence-corrected chi connectivity index (χ1v) is 9.24. The fourth-order valence-electron chi connectivity index (χ4n) is 3.29. The molecule has 0 amide bonds. The molecular formula is C19H20Cl2N4. The van der Waals surface area contributed by atoms with Crippen molar-refractivity contribution < 1.29 is 0 Å². The SMILES string of the molecule is Clc1ccc(CN2CCN(Cc3cn4ccccc4n3)CC2)c(Cl)c1. The highest BCUT2D eigenvalue weighted by atomic mass is 35.5. The lowest BCUT2D eigenvalue weighted by Gasteiger charge is -2.34. The van der Waals surface area contributed by atoms with Gasteiger partial charge in [-0.3, -0.25) is 9.80 Å². The molecule has 0 aliphatic carbocycles. The highest BCUT2D eigenvalue weighted by molar-refractivity contribution is 6.35. The highest BCUT2D eigenvalue weighted by Gasteiger charge is 2.18. The zero-order chi connectivity index (χ0) is 17.2. The van der Waals surface area contributed by atoms with Gasteiger partial charge in [-0.25, -0.2) is 4.98 Å². The smallest absolute Gasteiger partial charge is 0.137 e. The Morgan fingerprint density at radius 3 is 2.40 bits per heavy atom. The zero-order valence-corrected chi connectivity index (χ0v) is 15.4. The fourth-order valence-corrected chi connectivity index (χ4v) is 3.76. The highest BCUT2D eigenvalue weighted by Crippen LogP contribution is 2.23. The van der Waals surface area contributed by atoms with Crippen molar-refractivity contribution in [1.29, 1.82) is 0 Å². The van der Waals surface area contributed by atoms with Gasteiger partial charge in [0.15, 0.2) is 0 Å². The van der Waals surface area contributed by atoms with Crippen LogP contribution < -0.4 is 0 Å². The largest absolute Gasteiger partial charge is 0.307 e. The van der Waals surface area contributed by atoms with Crippen LogP contribution in [0.15, 0.2) is 48.8 Å². The van der Waals surface area contributed by atoms with Gasteiger partial charge in [0.05, 0.1) is 5.69 Å². The minimum Gasteiger partial charge on any atom is -0.307 e. The predicted octanol–water partition coefficient (Wildman–Crippen LogP) is 3.96. The standard InChI is InChI=1S/C19H20Cl2N4/c20-16-5-4-15(18(21)11-16)12-23-7-9-24(10-8-23)13-17-14-25-6-2-1-3-19(25)22-17/h1-6,11,14H,7-10,12-13H2. The number of halogens is 2. The van der Waals surface area contributed by atoms with E-state index in [-0.39, 0.29) is 0 Å². The lowest BCUT2D eigenvalue weighted by atomic mass is 10.2. The van der Waals surface area contributed by atoms with Gasteiger partial charge < -0.3 is 4.40 Å². The van der Waals surface area contributed by atoms with Gasteiger partial charge >= 0.3 is 0 Å². The Morgan fingerprint density at radius 2 is 1.68 bits per heavy atom. The van der Waals surface area contributed by atoms with E-state index in [1.807, 2.05) is 42.6 Å². The molecule has 1 aliphatic heterocycles. The summed E-state index contributed by atoms with van der Waals surface area (Å²) in [4.78, 5) is 9.59. The first kappa shape index (κ1) is 16.9. The van der Waals surface area contributed by atoms with E-state index in [1.165, 1.54) is 0 Å². The van der Waals surface area contributed by atoms with Crippen molar-refractivity contribution in [3.8, 4) is 0 Å². The average molecular weight is 375 g/mol. The summed E-state index contributed by atoms with van der Waals surface area (Å²) < 4.78 is 2.08. The summed E-state index contributed by atoms with van der Waals surface area (Å²) in [6.45, 7) is 5.92. The average Bonchev–Trinajstić information content (AvgIpc) is 3.01. The monoisotopic (exact) mass is 374 g/mol. The molecule has 4 rings (SSSR count). The minimum absolute atomic E-state index is 0.686. The molecule has 1 saturated heterocycles. The van der Waals surface area contributed by atoms with Crippen molar-refractivity contribution in [3.63, 3.8) is 0 Å². The van der Waals surface area contributed by atoms with Crippen molar-refractivity contribution in [1.82, 2.24) is 19.2 Å². The Hall–Kier alpha value is -1.59. The van der Waals surface area contributed by atoms with Crippen LogP contribution in [-0.2, 0) is 13.1 Å². The van der Waals surface area contributed by atoms with Crippen LogP contribution in [0.1, 0.15) is 11.3 Å². The Kier molecular flexibility index (Phi) is 4.95. The van der Waals surface area contributed by atoms with Crippen LogP contribution in [-0.4, -0.2) is 45.4 Å². The third-order valence-electron chi connectivity index (χ3n) is 4.67. The number of piperazine rings is 1. The van der Waals surface area contributed by atoms with E-state index in [1.54, 1.807) is 0 Å². The number of rotatable bonds is 4. The van der Waals surface area contributed by atoms with Crippen molar-refractivity contribution in [2.24, 2.45) is 0 Å². The van der Waals surface area contributed by atoms with Crippen molar-refractivity contribution >= 4 is 28.8 Å². The Morgan fingerprint density at radius 1 is 0.920 bits per heavy atom. The fraction of sp³-hybridized carbons (Fsp3) is 0.316. The van der Waals surface area contributed by atoms with E-state index in [9.17, 15) is 0 Å². The van der Waals surface area contributed by atoms with Crippen LogP contribution in [0.25, 0.3) is 5.65 Å².